The molecule has 0 radical (unpaired) electrons. The lowest BCUT2D eigenvalue weighted by molar-refractivity contribution is -0.156. The summed E-state index contributed by atoms with van der Waals surface area (Å²) in [6.45, 7) is 7.66. The third-order valence-corrected chi connectivity index (χ3v) is 2.55. The third kappa shape index (κ3) is 6.79. The van der Waals surface area contributed by atoms with Gasteiger partial charge >= 0.3 is 5.97 Å². The zero-order valence-electron chi connectivity index (χ0n) is 12.1. The van der Waals surface area contributed by atoms with Crippen molar-refractivity contribution >= 4 is 17.8 Å². The average Bonchev–Trinajstić information content (AvgIpc) is 2.22. The molecule has 1 unspecified atom stereocenters. The van der Waals surface area contributed by atoms with Gasteiger partial charge in [0.2, 0.25) is 11.8 Å². The summed E-state index contributed by atoms with van der Waals surface area (Å²) in [4.78, 5) is 34.4. The first-order valence-corrected chi connectivity index (χ1v) is 6.42. The van der Waals surface area contributed by atoms with E-state index in [1.165, 1.54) is 0 Å². The lowest BCUT2D eigenvalue weighted by Gasteiger charge is -2.27. The molecule has 0 bridgehead atoms. The molecule has 0 aromatic heterocycles. The Morgan fingerprint density at radius 1 is 1.26 bits per heavy atom. The third-order valence-electron chi connectivity index (χ3n) is 2.55. The molecule has 0 saturated heterocycles. The normalized spacial score (nSPS) is 12.6. The zero-order chi connectivity index (χ0) is 15.1. The smallest absolute Gasteiger partial charge is 0.319 e. The lowest BCUT2D eigenvalue weighted by atomic mass is 9.80. The van der Waals surface area contributed by atoms with Crippen LogP contribution in [0, 0.1) is 11.3 Å². The highest BCUT2D eigenvalue weighted by atomic mass is 16.5. The van der Waals surface area contributed by atoms with E-state index in [0.717, 1.165) is 0 Å². The van der Waals surface area contributed by atoms with Crippen molar-refractivity contribution in [3.05, 3.63) is 0 Å². The summed E-state index contributed by atoms with van der Waals surface area (Å²) < 4.78 is 4.92. The Morgan fingerprint density at radius 2 is 1.84 bits per heavy atom. The highest BCUT2D eigenvalue weighted by molar-refractivity contribution is 5.98. The van der Waals surface area contributed by atoms with Gasteiger partial charge in [-0.2, -0.15) is 0 Å². The van der Waals surface area contributed by atoms with Gasteiger partial charge in [0.05, 0.1) is 6.61 Å². The van der Waals surface area contributed by atoms with Gasteiger partial charge in [-0.1, -0.05) is 20.8 Å². The number of carbonyl (C=O) groups is 3. The van der Waals surface area contributed by atoms with Crippen molar-refractivity contribution in [1.82, 2.24) is 5.32 Å². The molecule has 0 aliphatic rings. The summed E-state index contributed by atoms with van der Waals surface area (Å²) in [6, 6.07) is 0. The highest BCUT2D eigenvalue weighted by Crippen LogP contribution is 2.27. The van der Waals surface area contributed by atoms with Gasteiger partial charge in [-0.05, 0) is 18.8 Å². The number of rotatable bonds is 7. The Balaban J connectivity index is 4.48. The standard InChI is InChI=1S/C13H24N2O4/c1-5-19-12(18)10(13(2,3)4)11(17)15-8-6-7-9(14)16/h10H,5-8H2,1-4H3,(H2,14,16)(H,15,17). The van der Waals surface area contributed by atoms with Gasteiger partial charge in [0.25, 0.3) is 0 Å². The number of hydrogen-bond acceptors (Lipinski definition) is 4. The van der Waals surface area contributed by atoms with E-state index in [0.29, 0.717) is 13.0 Å². The van der Waals surface area contributed by atoms with E-state index in [2.05, 4.69) is 5.32 Å². The van der Waals surface area contributed by atoms with E-state index >= 15 is 0 Å². The number of amides is 2. The number of nitrogens with one attached hydrogen (secondary N) is 1. The van der Waals surface area contributed by atoms with Crippen LogP contribution in [0.2, 0.25) is 0 Å². The molecular formula is C13H24N2O4. The molecule has 3 N–H and O–H groups in total. The minimum Gasteiger partial charge on any atom is -0.465 e. The molecule has 110 valence electrons. The van der Waals surface area contributed by atoms with Crippen LogP contribution >= 0.6 is 0 Å². The number of hydrogen-bond donors (Lipinski definition) is 2. The summed E-state index contributed by atoms with van der Waals surface area (Å²) in [5.74, 6) is -2.18. The molecule has 0 rings (SSSR count). The molecule has 0 aromatic carbocycles. The van der Waals surface area contributed by atoms with Crippen molar-refractivity contribution in [2.24, 2.45) is 17.1 Å². The number of nitrogens with two attached hydrogens (primary N) is 1. The van der Waals surface area contributed by atoms with Crippen molar-refractivity contribution < 1.29 is 19.1 Å². The lowest BCUT2D eigenvalue weighted by Crippen LogP contribution is -2.44. The predicted octanol–water partition coefficient (Wildman–Crippen LogP) is 0.594. The fourth-order valence-corrected chi connectivity index (χ4v) is 1.66. The first-order chi connectivity index (χ1) is 8.70. The van der Waals surface area contributed by atoms with E-state index in [1.54, 1.807) is 27.7 Å². The van der Waals surface area contributed by atoms with Gasteiger partial charge in [0.1, 0.15) is 5.92 Å². The number of primary amides is 1. The second-order valence-electron chi connectivity index (χ2n) is 5.41. The average molecular weight is 272 g/mol. The first kappa shape index (κ1) is 17.4. The van der Waals surface area contributed by atoms with Crippen LogP contribution in [0.25, 0.3) is 0 Å². The Hall–Kier alpha value is -1.59. The first-order valence-electron chi connectivity index (χ1n) is 6.42. The number of ether oxygens (including phenoxy) is 1. The van der Waals surface area contributed by atoms with Crippen LogP contribution in [-0.4, -0.2) is 30.9 Å². The number of carbonyl (C=O) groups excluding carboxylic acids is 3. The molecule has 0 spiro atoms. The van der Waals surface area contributed by atoms with E-state index in [9.17, 15) is 14.4 Å². The van der Waals surface area contributed by atoms with Gasteiger partial charge < -0.3 is 15.8 Å². The van der Waals surface area contributed by atoms with Crippen LogP contribution < -0.4 is 11.1 Å². The topological polar surface area (TPSA) is 98.5 Å². The van der Waals surface area contributed by atoms with Crippen LogP contribution in [0.3, 0.4) is 0 Å². The summed E-state index contributed by atoms with van der Waals surface area (Å²) in [7, 11) is 0. The molecule has 0 fully saturated rings. The summed E-state index contributed by atoms with van der Waals surface area (Å²) in [6.07, 6.45) is 0.667. The highest BCUT2D eigenvalue weighted by Gasteiger charge is 2.38. The largest absolute Gasteiger partial charge is 0.465 e. The van der Waals surface area contributed by atoms with E-state index < -0.39 is 23.2 Å². The maximum atomic E-state index is 12.0. The second kappa shape index (κ2) is 7.76. The summed E-state index contributed by atoms with van der Waals surface area (Å²) >= 11 is 0. The van der Waals surface area contributed by atoms with E-state index in [-0.39, 0.29) is 18.9 Å². The maximum Gasteiger partial charge on any atom is 0.319 e. The van der Waals surface area contributed by atoms with Crippen LogP contribution in [0.5, 0.6) is 0 Å². The fraction of sp³-hybridized carbons (Fsp3) is 0.769. The van der Waals surface area contributed by atoms with Crippen LogP contribution in [-0.2, 0) is 19.1 Å². The van der Waals surface area contributed by atoms with Gasteiger partial charge in [-0.3, -0.25) is 14.4 Å². The van der Waals surface area contributed by atoms with Crippen molar-refractivity contribution in [2.75, 3.05) is 13.2 Å². The Kier molecular flexibility index (Phi) is 7.11. The van der Waals surface area contributed by atoms with Gasteiger partial charge in [0.15, 0.2) is 0 Å². The molecule has 6 heteroatoms. The molecule has 0 aliphatic heterocycles. The molecule has 0 aromatic rings. The quantitative estimate of drug-likeness (QED) is 0.402. The molecule has 1 atom stereocenters. The van der Waals surface area contributed by atoms with E-state index in [1.807, 2.05) is 0 Å². The monoisotopic (exact) mass is 272 g/mol. The molecular weight excluding hydrogens is 248 g/mol. The predicted molar refractivity (Wildman–Crippen MR) is 71.0 cm³/mol. The summed E-state index contributed by atoms with van der Waals surface area (Å²) in [5.41, 5.74) is 4.47. The Morgan fingerprint density at radius 3 is 2.26 bits per heavy atom. The minimum absolute atomic E-state index is 0.208. The SMILES string of the molecule is CCOC(=O)C(C(=O)NCCCC(N)=O)C(C)(C)C. The molecule has 0 aliphatic carbocycles. The van der Waals surface area contributed by atoms with Crippen LogP contribution in [0.15, 0.2) is 0 Å². The maximum absolute atomic E-state index is 12.0. The van der Waals surface area contributed by atoms with Crippen molar-refractivity contribution in [2.45, 2.75) is 40.5 Å². The molecule has 0 heterocycles. The van der Waals surface area contributed by atoms with Crippen molar-refractivity contribution in [3.63, 3.8) is 0 Å². The minimum atomic E-state index is -0.860. The van der Waals surface area contributed by atoms with Gasteiger partial charge in [-0.15, -0.1) is 0 Å². The van der Waals surface area contributed by atoms with E-state index in [4.69, 9.17) is 10.5 Å². The fourth-order valence-electron chi connectivity index (χ4n) is 1.66. The van der Waals surface area contributed by atoms with Gasteiger partial charge in [0, 0.05) is 13.0 Å². The van der Waals surface area contributed by atoms with Crippen molar-refractivity contribution in [3.8, 4) is 0 Å². The molecule has 2 amide bonds. The van der Waals surface area contributed by atoms with Crippen LogP contribution in [0.1, 0.15) is 40.5 Å². The van der Waals surface area contributed by atoms with Gasteiger partial charge in [-0.25, -0.2) is 0 Å². The Labute approximate surface area is 114 Å². The zero-order valence-corrected chi connectivity index (χ0v) is 12.1. The number of esters is 1. The van der Waals surface area contributed by atoms with Crippen LogP contribution in [0.4, 0.5) is 0 Å². The van der Waals surface area contributed by atoms with Crippen molar-refractivity contribution in [1.29, 1.82) is 0 Å². The summed E-state index contributed by atoms with van der Waals surface area (Å²) in [5, 5.41) is 2.64. The second-order valence-corrected chi connectivity index (χ2v) is 5.41. The molecule has 6 nitrogen and oxygen atoms in total. The molecule has 19 heavy (non-hydrogen) atoms. The molecule has 0 saturated carbocycles. The Bertz CT molecular complexity index is 334.